The van der Waals surface area contributed by atoms with Crippen molar-refractivity contribution in [3.8, 4) is 0 Å². The molecule has 0 aliphatic carbocycles. The summed E-state index contributed by atoms with van der Waals surface area (Å²) in [6, 6.07) is 4.12. The summed E-state index contributed by atoms with van der Waals surface area (Å²) in [6.07, 6.45) is -2.79. The molecule has 1 aromatic carbocycles. The topological polar surface area (TPSA) is 113 Å². The fourth-order valence-corrected chi connectivity index (χ4v) is 1.84. The van der Waals surface area contributed by atoms with Gasteiger partial charge in [-0.05, 0) is 12.1 Å². The lowest BCUT2D eigenvalue weighted by Crippen LogP contribution is -2.34. The van der Waals surface area contributed by atoms with Gasteiger partial charge >= 0.3 is 0 Å². The maximum Gasteiger partial charge on any atom is 0.276 e. The molecule has 0 aromatic heterocycles. The molecule has 1 aromatic rings. The number of nitro benzene ring substituents is 1. The van der Waals surface area contributed by atoms with Crippen LogP contribution >= 0.6 is 15.9 Å². The standard InChI is InChI=1S/C11H13BrN2O5/c1-6(15)13-5-10(16)11(17)8-3-2-7(12)4-9(8)14(18)19/h2-4,10-11,16-17H,5H2,1H3,(H,13,15). The summed E-state index contributed by atoms with van der Waals surface area (Å²) in [4.78, 5) is 21.0. The van der Waals surface area contributed by atoms with Crippen LogP contribution in [0.15, 0.2) is 22.7 Å². The number of nitrogens with zero attached hydrogens (tertiary/aromatic N) is 1. The molecule has 104 valence electrons. The van der Waals surface area contributed by atoms with E-state index in [2.05, 4.69) is 21.2 Å². The summed E-state index contributed by atoms with van der Waals surface area (Å²) in [7, 11) is 0. The van der Waals surface area contributed by atoms with Gasteiger partial charge in [0.2, 0.25) is 5.91 Å². The smallest absolute Gasteiger partial charge is 0.276 e. The van der Waals surface area contributed by atoms with Crippen molar-refractivity contribution >= 4 is 27.5 Å². The Labute approximate surface area is 117 Å². The molecule has 19 heavy (non-hydrogen) atoms. The number of rotatable bonds is 5. The third-order valence-corrected chi connectivity index (χ3v) is 2.93. The van der Waals surface area contributed by atoms with E-state index in [1.165, 1.54) is 25.1 Å². The van der Waals surface area contributed by atoms with Crippen LogP contribution in [0.5, 0.6) is 0 Å². The number of amides is 1. The van der Waals surface area contributed by atoms with Crippen molar-refractivity contribution in [1.29, 1.82) is 0 Å². The highest BCUT2D eigenvalue weighted by molar-refractivity contribution is 9.10. The number of carbonyl (C=O) groups is 1. The molecule has 0 saturated carbocycles. The van der Waals surface area contributed by atoms with Crippen LogP contribution in [0.4, 0.5) is 5.69 Å². The molecule has 0 heterocycles. The molecular formula is C11H13BrN2O5. The maximum atomic E-state index is 10.9. The van der Waals surface area contributed by atoms with Gasteiger partial charge in [0.1, 0.15) is 12.2 Å². The Hall–Kier alpha value is -1.51. The molecule has 7 nitrogen and oxygen atoms in total. The summed E-state index contributed by atoms with van der Waals surface area (Å²) >= 11 is 3.09. The molecule has 3 N–H and O–H groups in total. The summed E-state index contributed by atoms with van der Waals surface area (Å²) in [6.45, 7) is 1.07. The average Bonchev–Trinajstić information content (AvgIpc) is 2.34. The van der Waals surface area contributed by atoms with Gasteiger partial charge in [-0.2, -0.15) is 0 Å². The summed E-state index contributed by atoms with van der Waals surface area (Å²) in [5, 5.41) is 32.8. The Morgan fingerprint density at radius 2 is 2.16 bits per heavy atom. The third kappa shape index (κ3) is 4.27. The largest absolute Gasteiger partial charge is 0.388 e. The Bertz CT molecular complexity index is 494. The van der Waals surface area contributed by atoms with E-state index in [0.717, 1.165) is 0 Å². The second-order valence-corrected chi connectivity index (χ2v) is 4.83. The molecule has 0 saturated heterocycles. The van der Waals surface area contributed by atoms with Crippen molar-refractivity contribution in [2.75, 3.05) is 6.54 Å². The molecule has 0 spiro atoms. The van der Waals surface area contributed by atoms with Gasteiger partial charge in [-0.1, -0.05) is 15.9 Å². The fourth-order valence-electron chi connectivity index (χ4n) is 1.49. The zero-order chi connectivity index (χ0) is 14.6. The van der Waals surface area contributed by atoms with Crippen molar-refractivity contribution in [1.82, 2.24) is 5.32 Å². The zero-order valence-corrected chi connectivity index (χ0v) is 11.6. The highest BCUT2D eigenvalue weighted by Crippen LogP contribution is 2.30. The minimum Gasteiger partial charge on any atom is -0.388 e. The van der Waals surface area contributed by atoms with Gasteiger partial charge in [0.05, 0.1) is 10.5 Å². The van der Waals surface area contributed by atoms with Crippen LogP contribution in [0, 0.1) is 10.1 Å². The van der Waals surface area contributed by atoms with Crippen LogP contribution in [-0.4, -0.2) is 33.7 Å². The molecule has 1 rings (SSSR count). The van der Waals surface area contributed by atoms with Crippen LogP contribution in [-0.2, 0) is 4.79 Å². The number of aliphatic hydroxyl groups excluding tert-OH is 2. The molecular weight excluding hydrogens is 320 g/mol. The lowest BCUT2D eigenvalue weighted by molar-refractivity contribution is -0.386. The van der Waals surface area contributed by atoms with E-state index in [-0.39, 0.29) is 23.7 Å². The second-order valence-electron chi connectivity index (χ2n) is 3.91. The Morgan fingerprint density at radius 1 is 1.53 bits per heavy atom. The quantitative estimate of drug-likeness (QED) is 0.547. The third-order valence-electron chi connectivity index (χ3n) is 2.43. The number of nitro groups is 1. The summed E-state index contributed by atoms with van der Waals surface area (Å²) in [5.41, 5.74) is -0.310. The highest BCUT2D eigenvalue weighted by atomic mass is 79.9. The molecule has 0 fully saturated rings. The highest BCUT2D eigenvalue weighted by Gasteiger charge is 2.26. The van der Waals surface area contributed by atoms with Gasteiger partial charge in [-0.3, -0.25) is 14.9 Å². The van der Waals surface area contributed by atoms with E-state index in [4.69, 9.17) is 0 Å². The number of halogens is 1. The van der Waals surface area contributed by atoms with Gasteiger partial charge in [0.25, 0.3) is 5.69 Å². The molecule has 1 amide bonds. The number of nitrogens with one attached hydrogen (secondary N) is 1. The predicted octanol–water partition coefficient (Wildman–Crippen LogP) is 0.888. The van der Waals surface area contributed by atoms with E-state index in [9.17, 15) is 25.1 Å². The van der Waals surface area contributed by atoms with Crippen LogP contribution < -0.4 is 5.32 Å². The summed E-state index contributed by atoms with van der Waals surface area (Å²) < 4.78 is 0.492. The van der Waals surface area contributed by atoms with Crippen molar-refractivity contribution in [2.45, 2.75) is 19.1 Å². The van der Waals surface area contributed by atoms with Crippen molar-refractivity contribution in [3.63, 3.8) is 0 Å². The monoisotopic (exact) mass is 332 g/mol. The normalized spacial score (nSPS) is 13.7. The first-order chi connectivity index (χ1) is 8.82. The van der Waals surface area contributed by atoms with Gasteiger partial charge in [0.15, 0.2) is 0 Å². The Kier molecular flexibility index (Phi) is 5.40. The second kappa shape index (κ2) is 6.60. The number of benzene rings is 1. The minimum absolute atomic E-state index is 0.00829. The van der Waals surface area contributed by atoms with Gasteiger partial charge < -0.3 is 15.5 Å². The summed E-state index contributed by atoms with van der Waals surface area (Å²) in [5.74, 6) is -0.364. The zero-order valence-electron chi connectivity index (χ0n) is 10.0. The van der Waals surface area contributed by atoms with Crippen LogP contribution in [0.3, 0.4) is 0 Å². The minimum atomic E-state index is -1.46. The molecule has 2 unspecified atom stereocenters. The lowest BCUT2D eigenvalue weighted by Gasteiger charge is -2.18. The number of carbonyl (C=O) groups excluding carboxylic acids is 1. The van der Waals surface area contributed by atoms with Crippen LogP contribution in [0.2, 0.25) is 0 Å². The van der Waals surface area contributed by atoms with Crippen molar-refractivity contribution in [2.24, 2.45) is 0 Å². The number of hydrogen-bond donors (Lipinski definition) is 3. The van der Waals surface area contributed by atoms with E-state index in [1.807, 2.05) is 0 Å². The number of aliphatic hydroxyl groups is 2. The van der Waals surface area contributed by atoms with Gasteiger partial charge in [-0.25, -0.2) is 0 Å². The molecule has 8 heteroatoms. The van der Waals surface area contributed by atoms with Crippen molar-refractivity contribution in [3.05, 3.63) is 38.3 Å². The first kappa shape index (κ1) is 15.5. The van der Waals surface area contributed by atoms with Crippen LogP contribution in [0.1, 0.15) is 18.6 Å². The number of hydrogen-bond acceptors (Lipinski definition) is 5. The molecule has 0 aliphatic rings. The SMILES string of the molecule is CC(=O)NCC(O)C(O)c1ccc(Br)cc1[N+](=O)[O-]. The Balaban J connectivity index is 2.95. The first-order valence-corrected chi connectivity index (χ1v) is 6.16. The van der Waals surface area contributed by atoms with E-state index < -0.39 is 17.1 Å². The van der Waals surface area contributed by atoms with Gasteiger partial charge in [-0.15, -0.1) is 0 Å². The predicted molar refractivity (Wildman–Crippen MR) is 70.4 cm³/mol. The fraction of sp³-hybridized carbons (Fsp3) is 0.364. The maximum absolute atomic E-state index is 10.9. The molecule has 2 atom stereocenters. The van der Waals surface area contributed by atoms with E-state index >= 15 is 0 Å². The lowest BCUT2D eigenvalue weighted by atomic mass is 10.0. The average molecular weight is 333 g/mol. The van der Waals surface area contributed by atoms with E-state index in [0.29, 0.717) is 4.47 Å². The molecule has 0 aliphatic heterocycles. The van der Waals surface area contributed by atoms with Crippen molar-refractivity contribution < 1.29 is 19.9 Å². The molecule has 0 radical (unpaired) electrons. The van der Waals surface area contributed by atoms with Crippen LogP contribution in [0.25, 0.3) is 0 Å². The molecule has 0 bridgehead atoms. The van der Waals surface area contributed by atoms with E-state index in [1.54, 1.807) is 0 Å². The van der Waals surface area contributed by atoms with Gasteiger partial charge in [0, 0.05) is 24.0 Å². The Morgan fingerprint density at radius 3 is 2.68 bits per heavy atom. The first-order valence-electron chi connectivity index (χ1n) is 5.37.